The highest BCUT2D eigenvalue weighted by atomic mass is 16.3. The van der Waals surface area contributed by atoms with Crippen molar-refractivity contribution in [2.45, 2.75) is 71.1 Å². The molecule has 2 N–H and O–H groups in total. The van der Waals surface area contributed by atoms with E-state index in [1.54, 1.807) is 0 Å². The van der Waals surface area contributed by atoms with E-state index in [-0.39, 0.29) is 11.9 Å². The normalized spacial score (nSPS) is 20.0. The number of benzene rings is 1. The van der Waals surface area contributed by atoms with Crippen LogP contribution in [0, 0.1) is 5.92 Å². The van der Waals surface area contributed by atoms with Crippen molar-refractivity contribution < 1.29 is 9.90 Å². The van der Waals surface area contributed by atoms with Crippen molar-refractivity contribution in [2.75, 3.05) is 11.9 Å². The molecule has 2 aromatic heterocycles. The molecule has 33 heavy (non-hydrogen) atoms. The number of nitrogens with zero attached hydrogens (tertiary/aromatic N) is 4. The number of hydrogen-bond donors (Lipinski definition) is 2. The molecule has 1 unspecified atom stereocenters. The topological polar surface area (TPSA) is 82.8 Å². The summed E-state index contributed by atoms with van der Waals surface area (Å²) in [4.78, 5) is 20.0. The summed E-state index contributed by atoms with van der Waals surface area (Å²) in [5, 5.41) is 18.1. The van der Waals surface area contributed by atoms with Gasteiger partial charge >= 0.3 is 0 Å². The number of carbonyl (C=O) groups is 1. The fraction of sp³-hybridized carbons (Fsp3) is 0.500. The van der Waals surface area contributed by atoms with Gasteiger partial charge in [-0.05, 0) is 57.2 Å². The van der Waals surface area contributed by atoms with E-state index in [4.69, 9.17) is 10.1 Å². The van der Waals surface area contributed by atoms with Crippen LogP contribution in [0.25, 0.3) is 16.9 Å². The highest BCUT2D eigenvalue weighted by molar-refractivity contribution is 5.93. The Morgan fingerprint density at radius 1 is 1.15 bits per heavy atom. The van der Waals surface area contributed by atoms with Gasteiger partial charge in [0.1, 0.15) is 11.9 Å². The molecule has 1 saturated carbocycles. The Morgan fingerprint density at radius 3 is 2.67 bits per heavy atom. The van der Waals surface area contributed by atoms with E-state index >= 15 is 0 Å². The second-order valence-electron chi connectivity index (χ2n) is 9.49. The van der Waals surface area contributed by atoms with Crippen LogP contribution >= 0.6 is 0 Å². The number of likely N-dealkylation sites (tertiary alicyclic amines) is 1. The summed E-state index contributed by atoms with van der Waals surface area (Å²) in [6.07, 6.45) is 6.91. The second kappa shape index (κ2) is 9.14. The van der Waals surface area contributed by atoms with Crippen LogP contribution in [-0.2, 0) is 6.42 Å². The summed E-state index contributed by atoms with van der Waals surface area (Å²) in [6, 6.07) is 12.0. The van der Waals surface area contributed by atoms with Gasteiger partial charge in [-0.25, -0.2) is 9.50 Å². The van der Waals surface area contributed by atoms with Gasteiger partial charge in [0.25, 0.3) is 5.91 Å². The molecule has 0 radical (unpaired) electrons. The molecule has 0 spiro atoms. The maximum absolute atomic E-state index is 13.3. The zero-order valence-corrected chi connectivity index (χ0v) is 19.5. The first-order valence-corrected chi connectivity index (χ1v) is 12.3. The van der Waals surface area contributed by atoms with Crippen molar-refractivity contribution in [3.05, 3.63) is 47.8 Å². The molecule has 0 bridgehead atoms. The van der Waals surface area contributed by atoms with Gasteiger partial charge in [-0.3, -0.25) is 4.79 Å². The predicted octanol–water partition coefficient (Wildman–Crippen LogP) is 4.50. The van der Waals surface area contributed by atoms with E-state index in [1.165, 1.54) is 12.8 Å². The van der Waals surface area contributed by atoms with Crippen LogP contribution in [0.5, 0.6) is 0 Å². The monoisotopic (exact) mass is 447 g/mol. The molecule has 1 aliphatic heterocycles. The molecule has 174 valence electrons. The lowest BCUT2D eigenvalue weighted by atomic mass is 10.1. The highest BCUT2D eigenvalue weighted by Crippen LogP contribution is 2.33. The summed E-state index contributed by atoms with van der Waals surface area (Å²) in [6.45, 7) is 5.01. The Morgan fingerprint density at radius 2 is 1.94 bits per heavy atom. The van der Waals surface area contributed by atoms with Crippen molar-refractivity contribution in [3.63, 3.8) is 0 Å². The average molecular weight is 448 g/mol. The zero-order valence-electron chi connectivity index (χ0n) is 19.5. The van der Waals surface area contributed by atoms with Crippen LogP contribution in [0.2, 0.25) is 0 Å². The Labute approximate surface area is 194 Å². The van der Waals surface area contributed by atoms with Gasteiger partial charge in [-0.1, -0.05) is 31.9 Å². The Balaban J connectivity index is 1.42. The van der Waals surface area contributed by atoms with Gasteiger partial charge in [-0.2, -0.15) is 5.10 Å². The van der Waals surface area contributed by atoms with Crippen LogP contribution in [-0.4, -0.2) is 49.3 Å². The number of aliphatic hydroxyl groups excluding tert-OH is 1. The number of aryl methyl sites for hydroxylation is 1. The summed E-state index contributed by atoms with van der Waals surface area (Å²) in [5.41, 5.74) is 4.87. The molecule has 1 saturated heterocycles. The first-order chi connectivity index (χ1) is 16.0. The van der Waals surface area contributed by atoms with E-state index < -0.39 is 6.23 Å². The molecule has 2 fully saturated rings. The van der Waals surface area contributed by atoms with E-state index in [0.29, 0.717) is 17.3 Å². The van der Waals surface area contributed by atoms with Gasteiger partial charge in [0.05, 0.1) is 5.69 Å². The molecule has 1 aliphatic carbocycles. The quantitative estimate of drug-likeness (QED) is 0.544. The Hall–Kier alpha value is -2.93. The third kappa shape index (κ3) is 4.60. The first kappa shape index (κ1) is 21.9. The van der Waals surface area contributed by atoms with Crippen LogP contribution in [0.3, 0.4) is 0 Å². The average Bonchev–Trinajstić information content (AvgIpc) is 3.62. The van der Waals surface area contributed by atoms with Crippen molar-refractivity contribution in [1.82, 2.24) is 19.5 Å². The van der Waals surface area contributed by atoms with Crippen molar-refractivity contribution >= 4 is 17.2 Å². The maximum Gasteiger partial charge on any atom is 0.272 e. The molecule has 1 aromatic carbocycles. The lowest BCUT2D eigenvalue weighted by Crippen LogP contribution is -2.38. The van der Waals surface area contributed by atoms with Gasteiger partial charge in [0, 0.05) is 41.5 Å². The second-order valence-corrected chi connectivity index (χ2v) is 9.49. The lowest BCUT2D eigenvalue weighted by Gasteiger charge is -2.27. The summed E-state index contributed by atoms with van der Waals surface area (Å²) >= 11 is 0. The van der Waals surface area contributed by atoms with Crippen molar-refractivity contribution in [2.24, 2.45) is 5.92 Å². The van der Waals surface area contributed by atoms with Gasteiger partial charge in [0.2, 0.25) is 0 Å². The fourth-order valence-electron chi connectivity index (χ4n) is 4.70. The number of rotatable bonds is 6. The van der Waals surface area contributed by atoms with Crippen LogP contribution in [0.4, 0.5) is 5.69 Å². The third-order valence-electron chi connectivity index (χ3n) is 6.96. The summed E-state index contributed by atoms with van der Waals surface area (Å²) in [5.74, 6) is 0.393. The van der Waals surface area contributed by atoms with E-state index in [2.05, 4.69) is 19.2 Å². The lowest BCUT2D eigenvalue weighted by molar-refractivity contribution is 0.0692. The zero-order chi connectivity index (χ0) is 22.9. The molecule has 3 heterocycles. The minimum Gasteiger partial charge on any atom is -0.374 e. The number of amides is 1. The number of aliphatic hydroxyl groups is 1. The minimum atomic E-state index is -0.481. The number of fused-ring (bicyclic) bond motifs is 1. The molecule has 2 aliphatic rings. The van der Waals surface area contributed by atoms with Crippen LogP contribution in [0.1, 0.15) is 68.6 Å². The maximum atomic E-state index is 13.3. The molecule has 7 nitrogen and oxygen atoms in total. The molecule has 7 heteroatoms. The standard InChI is InChI=1S/C26H33N5O2/c1-3-21-15-23(26(33)30-14-6-4-5-7-17(30)2)28-24-16-22(29-31(21)24)18-10-12-20(13-11-18)27-25(32)19-8-9-19/h10-13,15-17,19,25,27,32H,3-9,14H2,1-2H3/t17?,25-/m1/s1. The predicted molar refractivity (Wildman–Crippen MR) is 129 cm³/mol. The Kier molecular flexibility index (Phi) is 6.06. The van der Waals surface area contributed by atoms with E-state index in [1.807, 2.05) is 45.8 Å². The number of nitrogens with one attached hydrogen (secondary N) is 1. The van der Waals surface area contributed by atoms with E-state index in [9.17, 15) is 9.90 Å². The van der Waals surface area contributed by atoms with Gasteiger partial charge < -0.3 is 15.3 Å². The van der Waals surface area contributed by atoms with Crippen LogP contribution in [0.15, 0.2) is 36.4 Å². The largest absolute Gasteiger partial charge is 0.374 e. The molecule has 5 rings (SSSR count). The number of anilines is 1. The smallest absolute Gasteiger partial charge is 0.272 e. The third-order valence-corrected chi connectivity index (χ3v) is 6.96. The number of aromatic nitrogens is 3. The molecular formula is C26H33N5O2. The molecule has 1 amide bonds. The summed E-state index contributed by atoms with van der Waals surface area (Å²) in [7, 11) is 0. The molecule has 2 atom stereocenters. The van der Waals surface area contributed by atoms with E-state index in [0.717, 1.165) is 61.3 Å². The SMILES string of the molecule is CCc1cc(C(=O)N2CCCCCC2C)nc2cc(-c3ccc(N[C@H](O)C4CC4)cc3)nn12. The van der Waals surface area contributed by atoms with Crippen LogP contribution < -0.4 is 5.32 Å². The van der Waals surface area contributed by atoms with Gasteiger partial charge in [0.15, 0.2) is 5.65 Å². The molecular weight excluding hydrogens is 414 g/mol. The Bertz CT molecular complexity index is 1140. The van der Waals surface area contributed by atoms with Gasteiger partial charge in [-0.15, -0.1) is 0 Å². The fourth-order valence-corrected chi connectivity index (χ4v) is 4.70. The van der Waals surface area contributed by atoms with Crippen molar-refractivity contribution in [1.29, 1.82) is 0 Å². The summed E-state index contributed by atoms with van der Waals surface area (Å²) < 4.78 is 1.85. The van der Waals surface area contributed by atoms with Crippen molar-refractivity contribution in [3.8, 4) is 11.3 Å². The first-order valence-electron chi connectivity index (χ1n) is 12.3. The minimum absolute atomic E-state index is 0.0222. The number of carbonyl (C=O) groups excluding carboxylic acids is 1. The molecule has 3 aromatic rings. The highest BCUT2D eigenvalue weighted by Gasteiger charge is 2.29. The number of hydrogen-bond acceptors (Lipinski definition) is 5.